The van der Waals surface area contributed by atoms with Gasteiger partial charge in [-0.2, -0.15) is 0 Å². The summed E-state index contributed by atoms with van der Waals surface area (Å²) in [5, 5.41) is 8.77. The molecule has 0 spiro atoms. The van der Waals surface area contributed by atoms with Crippen molar-refractivity contribution >= 4 is 5.65 Å². The molecule has 14 heavy (non-hydrogen) atoms. The molecule has 2 heterocycles. The van der Waals surface area contributed by atoms with Gasteiger partial charge in [-0.3, -0.25) is 0 Å². The summed E-state index contributed by atoms with van der Waals surface area (Å²) in [6, 6.07) is 3.73. The Bertz CT molecular complexity index is 437. The number of methoxy groups -OCH3 is 1. The lowest BCUT2D eigenvalue weighted by molar-refractivity contribution is 0.298. The number of nitrogens with zero attached hydrogens (tertiary/aromatic N) is 2. The molecule has 4 nitrogen and oxygen atoms in total. The van der Waals surface area contributed by atoms with Crippen molar-refractivity contribution in [2.24, 2.45) is 0 Å². The molecule has 2 aromatic heterocycles. The Hall–Kier alpha value is -1.55. The van der Waals surface area contributed by atoms with Crippen molar-refractivity contribution < 1.29 is 9.84 Å². The number of aliphatic hydroxyl groups excluding tert-OH is 1. The van der Waals surface area contributed by atoms with Crippen LogP contribution in [0.25, 0.3) is 5.65 Å². The van der Waals surface area contributed by atoms with Crippen molar-refractivity contribution in [3.8, 4) is 5.75 Å². The van der Waals surface area contributed by atoms with Crippen molar-refractivity contribution in [2.75, 3.05) is 13.7 Å². The maximum absolute atomic E-state index is 8.77. The smallest absolute Gasteiger partial charge is 0.140 e. The number of hydrogen-bond donors (Lipinski definition) is 1. The minimum absolute atomic E-state index is 0.126. The minimum atomic E-state index is 0.126. The van der Waals surface area contributed by atoms with Crippen molar-refractivity contribution in [3.05, 3.63) is 30.2 Å². The highest BCUT2D eigenvalue weighted by Gasteiger charge is 2.01. The highest BCUT2D eigenvalue weighted by atomic mass is 16.5. The highest BCUT2D eigenvalue weighted by molar-refractivity contribution is 5.45. The first-order valence-corrected chi connectivity index (χ1v) is 4.46. The summed E-state index contributed by atoms with van der Waals surface area (Å²) in [6.07, 6.45) is 4.39. The molecule has 0 aliphatic carbocycles. The lowest BCUT2D eigenvalue weighted by atomic mass is 10.4. The Kier molecular flexibility index (Phi) is 2.37. The third-order valence-corrected chi connectivity index (χ3v) is 2.09. The second-order valence-corrected chi connectivity index (χ2v) is 3.04. The van der Waals surface area contributed by atoms with Gasteiger partial charge < -0.3 is 14.2 Å². The fraction of sp³-hybridized carbons (Fsp3) is 0.300. The lowest BCUT2D eigenvalue weighted by Crippen LogP contribution is -1.89. The summed E-state index contributed by atoms with van der Waals surface area (Å²) in [6.45, 7) is 0.126. The normalized spacial score (nSPS) is 10.7. The first-order valence-electron chi connectivity index (χ1n) is 4.46. The van der Waals surface area contributed by atoms with Crippen LogP contribution in [0.5, 0.6) is 5.75 Å². The Labute approximate surface area is 81.8 Å². The number of pyridine rings is 1. The van der Waals surface area contributed by atoms with E-state index in [9.17, 15) is 0 Å². The van der Waals surface area contributed by atoms with E-state index in [1.807, 2.05) is 28.9 Å². The minimum Gasteiger partial charge on any atom is -0.497 e. The quantitative estimate of drug-likeness (QED) is 0.785. The summed E-state index contributed by atoms with van der Waals surface area (Å²) >= 11 is 0. The monoisotopic (exact) mass is 192 g/mol. The molecule has 0 aromatic carbocycles. The molecule has 0 unspecified atom stereocenters. The van der Waals surface area contributed by atoms with Crippen LogP contribution in [0.15, 0.2) is 24.5 Å². The van der Waals surface area contributed by atoms with E-state index in [4.69, 9.17) is 9.84 Å². The summed E-state index contributed by atoms with van der Waals surface area (Å²) in [5.74, 6) is 0.790. The van der Waals surface area contributed by atoms with Crippen molar-refractivity contribution in [3.63, 3.8) is 0 Å². The molecule has 4 heteroatoms. The summed E-state index contributed by atoms with van der Waals surface area (Å²) in [4.78, 5) is 4.33. The van der Waals surface area contributed by atoms with Crippen molar-refractivity contribution in [1.82, 2.24) is 9.38 Å². The van der Waals surface area contributed by atoms with E-state index in [1.165, 1.54) is 0 Å². The molecule has 1 N–H and O–H groups in total. The summed E-state index contributed by atoms with van der Waals surface area (Å²) < 4.78 is 7.00. The molecule has 0 atom stereocenters. The zero-order valence-electron chi connectivity index (χ0n) is 7.97. The van der Waals surface area contributed by atoms with E-state index < -0.39 is 0 Å². The first kappa shape index (κ1) is 9.02. The van der Waals surface area contributed by atoms with Crippen LogP contribution in [0.4, 0.5) is 0 Å². The van der Waals surface area contributed by atoms with Gasteiger partial charge in [0.05, 0.1) is 12.8 Å². The number of rotatable bonds is 3. The number of aromatic nitrogens is 2. The van der Waals surface area contributed by atoms with E-state index in [0.717, 1.165) is 17.1 Å². The van der Waals surface area contributed by atoms with Crippen LogP contribution in [0.3, 0.4) is 0 Å². The Balaban J connectivity index is 2.43. The molecule has 0 aliphatic heterocycles. The third kappa shape index (κ3) is 1.56. The Morgan fingerprint density at radius 2 is 2.43 bits per heavy atom. The Morgan fingerprint density at radius 3 is 3.14 bits per heavy atom. The number of hydrogen-bond acceptors (Lipinski definition) is 3. The maximum Gasteiger partial charge on any atom is 0.140 e. The lowest BCUT2D eigenvalue weighted by Gasteiger charge is -1.98. The van der Waals surface area contributed by atoms with Gasteiger partial charge in [-0.05, 0) is 6.07 Å². The molecule has 74 valence electrons. The summed E-state index contributed by atoms with van der Waals surface area (Å²) in [5.41, 5.74) is 1.73. The van der Waals surface area contributed by atoms with E-state index in [1.54, 1.807) is 7.11 Å². The zero-order valence-corrected chi connectivity index (χ0v) is 7.97. The average molecular weight is 192 g/mol. The van der Waals surface area contributed by atoms with Crippen LogP contribution in [0.2, 0.25) is 0 Å². The highest BCUT2D eigenvalue weighted by Crippen LogP contribution is 2.13. The first-order chi connectivity index (χ1) is 6.83. The van der Waals surface area contributed by atoms with Crippen LogP contribution in [-0.4, -0.2) is 28.2 Å². The molecule has 2 rings (SSSR count). The number of ether oxygens (including phenoxy) is 1. The van der Waals surface area contributed by atoms with Gasteiger partial charge in [0, 0.05) is 31.5 Å². The van der Waals surface area contributed by atoms with Crippen LogP contribution < -0.4 is 4.74 Å². The van der Waals surface area contributed by atoms with Crippen LogP contribution in [-0.2, 0) is 6.42 Å². The van der Waals surface area contributed by atoms with Gasteiger partial charge in [-0.25, -0.2) is 4.98 Å². The van der Waals surface area contributed by atoms with Gasteiger partial charge in [-0.15, -0.1) is 0 Å². The van der Waals surface area contributed by atoms with Crippen LogP contribution in [0.1, 0.15) is 5.69 Å². The van der Waals surface area contributed by atoms with E-state index >= 15 is 0 Å². The Morgan fingerprint density at radius 1 is 1.57 bits per heavy atom. The number of fused-ring (bicyclic) bond motifs is 1. The predicted molar refractivity (Wildman–Crippen MR) is 52.5 cm³/mol. The molecule has 0 saturated carbocycles. The van der Waals surface area contributed by atoms with E-state index in [-0.39, 0.29) is 6.61 Å². The van der Waals surface area contributed by atoms with Gasteiger partial charge >= 0.3 is 0 Å². The molecule has 0 bridgehead atoms. The van der Waals surface area contributed by atoms with Gasteiger partial charge in [-0.1, -0.05) is 0 Å². The number of imidazole rings is 1. The molecule has 0 saturated heterocycles. The van der Waals surface area contributed by atoms with Crippen LogP contribution in [0, 0.1) is 0 Å². The van der Waals surface area contributed by atoms with Crippen molar-refractivity contribution in [1.29, 1.82) is 0 Å². The van der Waals surface area contributed by atoms with Crippen LogP contribution >= 0.6 is 0 Å². The topological polar surface area (TPSA) is 46.8 Å². The largest absolute Gasteiger partial charge is 0.497 e. The van der Waals surface area contributed by atoms with Gasteiger partial charge in [0.15, 0.2) is 0 Å². The maximum atomic E-state index is 8.77. The standard InChI is InChI=1S/C10H12N2O2/c1-14-9-2-4-12-7-8(3-5-13)11-10(12)6-9/h2,4,6-7,13H,3,5H2,1H3. The molecule has 0 aliphatic rings. The molecular formula is C10H12N2O2. The number of aliphatic hydroxyl groups is 1. The third-order valence-electron chi connectivity index (χ3n) is 2.09. The second-order valence-electron chi connectivity index (χ2n) is 3.04. The molecule has 0 amide bonds. The van der Waals surface area contributed by atoms with E-state index in [2.05, 4.69) is 4.98 Å². The average Bonchev–Trinajstić information content (AvgIpc) is 2.59. The predicted octanol–water partition coefficient (Wildman–Crippen LogP) is 0.878. The SMILES string of the molecule is COc1ccn2cc(CCO)nc2c1. The van der Waals surface area contributed by atoms with Gasteiger partial charge in [0.2, 0.25) is 0 Å². The molecular weight excluding hydrogens is 180 g/mol. The summed E-state index contributed by atoms with van der Waals surface area (Å²) in [7, 11) is 1.63. The zero-order chi connectivity index (χ0) is 9.97. The molecule has 2 aromatic rings. The fourth-order valence-corrected chi connectivity index (χ4v) is 1.38. The van der Waals surface area contributed by atoms with E-state index in [0.29, 0.717) is 6.42 Å². The second kappa shape index (κ2) is 3.67. The van der Waals surface area contributed by atoms with Gasteiger partial charge in [0.1, 0.15) is 11.4 Å². The molecule has 0 radical (unpaired) electrons. The molecule has 0 fully saturated rings. The van der Waals surface area contributed by atoms with Crippen molar-refractivity contribution in [2.45, 2.75) is 6.42 Å². The van der Waals surface area contributed by atoms with Gasteiger partial charge in [0.25, 0.3) is 0 Å². The fourth-order valence-electron chi connectivity index (χ4n) is 1.38.